The first-order chi connectivity index (χ1) is 15.1. The zero-order valence-corrected chi connectivity index (χ0v) is 18.5. The van der Waals surface area contributed by atoms with Crippen LogP contribution in [0.25, 0.3) is 0 Å². The molecular weight excluding hydrogens is 460 g/mol. The maximum absolute atomic E-state index is 12.2. The first-order valence-electron chi connectivity index (χ1n) is 9.70. The lowest BCUT2D eigenvalue weighted by molar-refractivity contribution is 0.0733. The number of rotatable bonds is 8. The average Bonchev–Trinajstić information content (AvgIpc) is 2.79. The number of halogens is 1. The van der Waals surface area contributed by atoms with Crippen molar-refractivity contribution < 1.29 is 19.1 Å². The Bertz CT molecular complexity index is 1060. The monoisotopic (exact) mass is 480 g/mol. The van der Waals surface area contributed by atoms with Crippen LogP contribution in [-0.2, 0) is 0 Å². The van der Waals surface area contributed by atoms with Gasteiger partial charge in [0.1, 0.15) is 11.5 Å². The standard InChI is InChI=1S/C24H21BrN2O4/c1-2-15-30-19-13-9-18(10-14-19)23(28)27-26-16-17-7-11-20(12-8-17)31-24(29)21-5-3-4-6-22(21)25/h3-14,16H,2,15H2,1H3,(H,27,28)/b26-16+. The number of ether oxygens (including phenoxy) is 2. The molecule has 1 amide bonds. The Hall–Kier alpha value is -3.45. The largest absolute Gasteiger partial charge is 0.494 e. The van der Waals surface area contributed by atoms with Gasteiger partial charge in [-0.15, -0.1) is 0 Å². The van der Waals surface area contributed by atoms with Crippen molar-refractivity contribution in [3.63, 3.8) is 0 Å². The van der Waals surface area contributed by atoms with E-state index >= 15 is 0 Å². The van der Waals surface area contributed by atoms with E-state index in [0.29, 0.717) is 28.0 Å². The smallest absolute Gasteiger partial charge is 0.344 e. The van der Waals surface area contributed by atoms with Crippen LogP contribution < -0.4 is 14.9 Å². The van der Waals surface area contributed by atoms with Gasteiger partial charge in [-0.3, -0.25) is 4.79 Å². The summed E-state index contributed by atoms with van der Waals surface area (Å²) < 4.78 is 11.5. The van der Waals surface area contributed by atoms with Crippen molar-refractivity contribution in [1.29, 1.82) is 0 Å². The fourth-order valence-corrected chi connectivity index (χ4v) is 3.01. The minimum Gasteiger partial charge on any atom is -0.494 e. The predicted molar refractivity (Wildman–Crippen MR) is 123 cm³/mol. The lowest BCUT2D eigenvalue weighted by Gasteiger charge is -2.06. The molecule has 0 saturated heterocycles. The van der Waals surface area contributed by atoms with Crippen LogP contribution in [0.1, 0.15) is 39.6 Å². The highest BCUT2D eigenvalue weighted by Gasteiger charge is 2.11. The van der Waals surface area contributed by atoms with E-state index < -0.39 is 5.97 Å². The molecule has 3 aromatic carbocycles. The van der Waals surface area contributed by atoms with E-state index in [2.05, 4.69) is 26.5 Å². The minimum atomic E-state index is -0.452. The van der Waals surface area contributed by atoms with E-state index in [1.165, 1.54) is 6.21 Å². The maximum atomic E-state index is 12.2. The molecule has 158 valence electrons. The molecule has 0 aliphatic rings. The molecule has 0 fully saturated rings. The zero-order valence-electron chi connectivity index (χ0n) is 16.9. The second-order valence-electron chi connectivity index (χ2n) is 6.51. The molecule has 0 atom stereocenters. The highest BCUT2D eigenvalue weighted by molar-refractivity contribution is 9.10. The summed E-state index contributed by atoms with van der Waals surface area (Å²) in [6.45, 7) is 2.67. The van der Waals surface area contributed by atoms with Gasteiger partial charge in [-0.25, -0.2) is 10.2 Å². The molecule has 6 nitrogen and oxygen atoms in total. The second-order valence-corrected chi connectivity index (χ2v) is 7.36. The third kappa shape index (κ3) is 6.52. The van der Waals surface area contributed by atoms with Crippen LogP contribution in [0, 0.1) is 0 Å². The van der Waals surface area contributed by atoms with Crippen LogP contribution in [0.5, 0.6) is 11.5 Å². The third-order valence-corrected chi connectivity index (χ3v) is 4.84. The fourth-order valence-electron chi connectivity index (χ4n) is 2.56. The summed E-state index contributed by atoms with van der Waals surface area (Å²) in [5.41, 5.74) is 4.15. The molecule has 0 radical (unpaired) electrons. The molecule has 1 N–H and O–H groups in total. The molecule has 0 bridgehead atoms. The van der Waals surface area contributed by atoms with E-state index in [0.717, 1.165) is 17.7 Å². The van der Waals surface area contributed by atoms with Crippen LogP contribution in [0.3, 0.4) is 0 Å². The van der Waals surface area contributed by atoms with E-state index in [9.17, 15) is 9.59 Å². The van der Waals surface area contributed by atoms with Crippen molar-refractivity contribution in [2.24, 2.45) is 5.10 Å². The van der Waals surface area contributed by atoms with Crippen LogP contribution in [-0.4, -0.2) is 24.7 Å². The lowest BCUT2D eigenvalue weighted by atomic mass is 10.2. The minimum absolute atomic E-state index is 0.322. The Morgan fingerprint density at radius 1 is 0.968 bits per heavy atom. The number of amides is 1. The van der Waals surface area contributed by atoms with Crippen LogP contribution in [0.15, 0.2) is 82.4 Å². The third-order valence-electron chi connectivity index (χ3n) is 4.15. The number of carbonyl (C=O) groups excluding carboxylic acids is 2. The Morgan fingerprint density at radius 2 is 1.65 bits per heavy atom. The molecule has 0 saturated carbocycles. The van der Waals surface area contributed by atoms with Crippen molar-refractivity contribution in [3.8, 4) is 11.5 Å². The van der Waals surface area contributed by atoms with Crippen molar-refractivity contribution in [3.05, 3.63) is 94.0 Å². The molecule has 31 heavy (non-hydrogen) atoms. The summed E-state index contributed by atoms with van der Waals surface area (Å²) in [5, 5.41) is 3.97. The maximum Gasteiger partial charge on any atom is 0.344 e. The number of benzene rings is 3. The number of nitrogens with zero attached hydrogens (tertiary/aromatic N) is 1. The van der Waals surface area contributed by atoms with Gasteiger partial charge in [0.25, 0.3) is 5.91 Å². The van der Waals surface area contributed by atoms with Gasteiger partial charge in [0.15, 0.2) is 0 Å². The number of carbonyl (C=O) groups is 2. The highest BCUT2D eigenvalue weighted by Crippen LogP contribution is 2.19. The topological polar surface area (TPSA) is 77.0 Å². The summed E-state index contributed by atoms with van der Waals surface area (Å²) >= 11 is 3.33. The van der Waals surface area contributed by atoms with Crippen molar-refractivity contribution in [2.75, 3.05) is 6.61 Å². The number of hydrogen-bond donors (Lipinski definition) is 1. The molecule has 0 unspecified atom stereocenters. The van der Waals surface area contributed by atoms with Gasteiger partial charge < -0.3 is 9.47 Å². The summed E-state index contributed by atoms with van der Waals surface area (Å²) in [5.74, 6) is 0.360. The van der Waals surface area contributed by atoms with Crippen molar-refractivity contribution in [2.45, 2.75) is 13.3 Å². The Morgan fingerprint density at radius 3 is 2.32 bits per heavy atom. The highest BCUT2D eigenvalue weighted by atomic mass is 79.9. The molecule has 0 aliphatic heterocycles. The Kier molecular flexibility index (Phi) is 7.95. The predicted octanol–water partition coefficient (Wildman–Crippen LogP) is 5.22. The van der Waals surface area contributed by atoms with Crippen molar-refractivity contribution >= 4 is 34.0 Å². The molecule has 0 aliphatic carbocycles. The van der Waals surface area contributed by atoms with E-state index in [-0.39, 0.29) is 5.91 Å². The van der Waals surface area contributed by atoms with E-state index in [1.807, 2.05) is 13.0 Å². The second kappa shape index (κ2) is 11.1. The lowest BCUT2D eigenvalue weighted by Crippen LogP contribution is -2.17. The normalized spacial score (nSPS) is 10.6. The quantitative estimate of drug-likeness (QED) is 0.207. The van der Waals surface area contributed by atoms with Gasteiger partial charge in [-0.1, -0.05) is 19.1 Å². The van der Waals surface area contributed by atoms with Crippen LogP contribution in [0.2, 0.25) is 0 Å². The van der Waals surface area contributed by atoms with Crippen molar-refractivity contribution in [1.82, 2.24) is 5.43 Å². The average molecular weight is 481 g/mol. The summed E-state index contributed by atoms with van der Waals surface area (Å²) in [6, 6.07) is 20.7. The van der Waals surface area contributed by atoms with Gasteiger partial charge in [-0.2, -0.15) is 5.10 Å². The van der Waals surface area contributed by atoms with Gasteiger partial charge in [0.05, 0.1) is 18.4 Å². The van der Waals surface area contributed by atoms with E-state index in [1.54, 1.807) is 66.7 Å². The summed E-state index contributed by atoms with van der Waals surface area (Å²) in [4.78, 5) is 24.4. The zero-order chi connectivity index (χ0) is 22.1. The molecule has 0 heterocycles. The van der Waals surface area contributed by atoms with Gasteiger partial charge in [0.2, 0.25) is 0 Å². The molecule has 0 spiro atoms. The van der Waals surface area contributed by atoms with Crippen LogP contribution >= 0.6 is 15.9 Å². The number of nitrogens with one attached hydrogen (secondary N) is 1. The first-order valence-corrected chi connectivity index (χ1v) is 10.5. The Balaban J connectivity index is 1.53. The van der Waals surface area contributed by atoms with Crippen LogP contribution in [0.4, 0.5) is 0 Å². The molecule has 7 heteroatoms. The first kappa shape index (κ1) is 22.2. The molecule has 3 rings (SSSR count). The molecular formula is C24H21BrN2O4. The fraction of sp³-hybridized carbons (Fsp3) is 0.125. The number of hydrogen-bond acceptors (Lipinski definition) is 5. The van der Waals surface area contributed by atoms with Gasteiger partial charge in [-0.05, 0) is 88.6 Å². The van der Waals surface area contributed by atoms with Gasteiger partial charge >= 0.3 is 5.97 Å². The SMILES string of the molecule is CCCOc1ccc(C(=O)N/N=C/c2ccc(OC(=O)c3ccccc3Br)cc2)cc1. The summed E-state index contributed by atoms with van der Waals surface area (Å²) in [6.07, 6.45) is 2.43. The number of esters is 1. The van der Waals surface area contributed by atoms with E-state index in [4.69, 9.17) is 9.47 Å². The van der Waals surface area contributed by atoms with Gasteiger partial charge in [0, 0.05) is 10.0 Å². The molecule has 0 aromatic heterocycles. The Labute approximate surface area is 189 Å². The summed E-state index contributed by atoms with van der Waals surface area (Å²) in [7, 11) is 0. The molecule has 3 aromatic rings. The number of hydrazone groups is 1.